The fourth-order valence-corrected chi connectivity index (χ4v) is 3.18. The molecule has 156 valence electrons. The van der Waals surface area contributed by atoms with Gasteiger partial charge in [-0.1, -0.05) is 48.5 Å². The Morgan fingerprint density at radius 3 is 2.30 bits per heavy atom. The number of carbonyl (C=O) groups excluding carboxylic acids is 1. The van der Waals surface area contributed by atoms with E-state index in [4.69, 9.17) is 14.2 Å². The van der Waals surface area contributed by atoms with Crippen molar-refractivity contribution in [2.24, 2.45) is 0 Å². The first-order chi connectivity index (χ1) is 14.6. The molecule has 0 saturated carbocycles. The number of hydrogen-bond acceptors (Lipinski definition) is 4. The van der Waals surface area contributed by atoms with Crippen molar-refractivity contribution in [2.45, 2.75) is 13.0 Å². The molecule has 0 fully saturated rings. The predicted molar refractivity (Wildman–Crippen MR) is 117 cm³/mol. The van der Waals surface area contributed by atoms with Gasteiger partial charge in [0.2, 0.25) is 0 Å². The van der Waals surface area contributed by atoms with Crippen molar-refractivity contribution < 1.29 is 19.0 Å². The van der Waals surface area contributed by atoms with E-state index in [1.54, 1.807) is 26.2 Å². The second kappa shape index (κ2) is 10.3. The molecular formula is C25H27NO4. The second-order valence-corrected chi connectivity index (χ2v) is 6.99. The minimum Gasteiger partial charge on any atom is -0.497 e. The second-order valence-electron chi connectivity index (χ2n) is 6.99. The van der Waals surface area contributed by atoms with E-state index in [0.717, 1.165) is 23.3 Å². The molecule has 1 amide bonds. The van der Waals surface area contributed by atoms with E-state index in [1.807, 2.05) is 60.7 Å². The minimum absolute atomic E-state index is 0.0270. The summed E-state index contributed by atoms with van der Waals surface area (Å²) in [6.07, 6.45) is 0.754. The van der Waals surface area contributed by atoms with Crippen molar-refractivity contribution >= 4 is 5.91 Å². The largest absolute Gasteiger partial charge is 0.497 e. The third-order valence-electron chi connectivity index (χ3n) is 4.89. The molecule has 3 rings (SSSR count). The molecule has 0 atom stereocenters. The number of hydrogen-bond donors (Lipinski definition) is 0. The van der Waals surface area contributed by atoms with Gasteiger partial charge in [-0.25, -0.2) is 0 Å². The first kappa shape index (κ1) is 21.2. The third-order valence-corrected chi connectivity index (χ3v) is 4.89. The number of ether oxygens (including phenoxy) is 3. The first-order valence-electron chi connectivity index (χ1n) is 9.80. The molecule has 30 heavy (non-hydrogen) atoms. The van der Waals surface area contributed by atoms with Crippen LogP contribution in [0.25, 0.3) is 0 Å². The summed E-state index contributed by atoms with van der Waals surface area (Å²) in [5.74, 6) is 2.01. The molecule has 0 aliphatic carbocycles. The van der Waals surface area contributed by atoms with E-state index in [-0.39, 0.29) is 12.5 Å². The first-order valence-corrected chi connectivity index (χ1v) is 9.80. The zero-order chi connectivity index (χ0) is 21.3. The number of methoxy groups -OCH3 is 2. The SMILES string of the molecule is COc1ccc(CN(C)C(=O)COc2ccccc2Cc2ccccc2)c(OC)c1. The summed E-state index contributed by atoms with van der Waals surface area (Å²) in [7, 11) is 4.97. The highest BCUT2D eigenvalue weighted by Gasteiger charge is 2.14. The quantitative estimate of drug-likeness (QED) is 0.532. The van der Waals surface area contributed by atoms with Crippen molar-refractivity contribution in [3.8, 4) is 17.2 Å². The number of nitrogens with zero attached hydrogens (tertiary/aromatic N) is 1. The lowest BCUT2D eigenvalue weighted by Crippen LogP contribution is -2.31. The molecule has 0 radical (unpaired) electrons. The Morgan fingerprint density at radius 2 is 1.57 bits per heavy atom. The lowest BCUT2D eigenvalue weighted by Gasteiger charge is -2.20. The summed E-state index contributed by atoms with van der Waals surface area (Å²) in [5, 5.41) is 0. The maximum Gasteiger partial charge on any atom is 0.260 e. The molecule has 0 saturated heterocycles. The average Bonchev–Trinajstić information content (AvgIpc) is 2.79. The van der Waals surface area contributed by atoms with Crippen LogP contribution in [-0.4, -0.2) is 38.7 Å². The standard InChI is InChI=1S/C25H27NO4/c1-26(17-21-13-14-22(28-2)16-24(21)29-3)25(27)18-30-23-12-8-7-11-20(23)15-19-9-5-4-6-10-19/h4-14,16H,15,17-18H2,1-3H3. The Kier molecular flexibility index (Phi) is 7.33. The summed E-state index contributed by atoms with van der Waals surface area (Å²) in [6.45, 7) is 0.391. The van der Waals surface area contributed by atoms with Crippen LogP contribution in [0, 0.1) is 0 Å². The van der Waals surface area contributed by atoms with Crippen molar-refractivity contribution in [1.82, 2.24) is 4.90 Å². The number of para-hydroxylation sites is 1. The van der Waals surface area contributed by atoms with Crippen LogP contribution in [0.2, 0.25) is 0 Å². The molecule has 0 heterocycles. The van der Waals surface area contributed by atoms with Gasteiger partial charge in [-0.15, -0.1) is 0 Å². The molecule has 0 aliphatic rings. The van der Waals surface area contributed by atoms with E-state index < -0.39 is 0 Å². The van der Waals surface area contributed by atoms with Crippen LogP contribution in [0.5, 0.6) is 17.2 Å². The molecule has 0 N–H and O–H groups in total. The fraction of sp³-hybridized carbons (Fsp3) is 0.240. The van der Waals surface area contributed by atoms with Gasteiger partial charge in [-0.2, -0.15) is 0 Å². The molecule has 0 bridgehead atoms. The Labute approximate surface area is 177 Å². The molecule has 5 nitrogen and oxygen atoms in total. The normalized spacial score (nSPS) is 10.4. The van der Waals surface area contributed by atoms with Gasteiger partial charge in [0, 0.05) is 31.6 Å². The lowest BCUT2D eigenvalue weighted by molar-refractivity contribution is -0.132. The summed E-state index contributed by atoms with van der Waals surface area (Å²) in [4.78, 5) is 14.3. The van der Waals surface area contributed by atoms with Gasteiger partial charge in [0.1, 0.15) is 17.2 Å². The Morgan fingerprint density at radius 1 is 0.833 bits per heavy atom. The van der Waals surface area contributed by atoms with Crippen LogP contribution in [0.3, 0.4) is 0 Å². The van der Waals surface area contributed by atoms with Crippen LogP contribution in [-0.2, 0) is 17.8 Å². The number of benzene rings is 3. The Balaban J connectivity index is 1.62. The number of rotatable bonds is 9. The summed E-state index contributed by atoms with van der Waals surface area (Å²) >= 11 is 0. The summed E-state index contributed by atoms with van der Waals surface area (Å²) in [5.41, 5.74) is 3.15. The zero-order valence-electron chi connectivity index (χ0n) is 17.6. The maximum absolute atomic E-state index is 12.6. The molecular weight excluding hydrogens is 378 g/mol. The van der Waals surface area contributed by atoms with Crippen molar-refractivity contribution in [3.05, 3.63) is 89.5 Å². The van der Waals surface area contributed by atoms with Gasteiger partial charge in [0.25, 0.3) is 5.91 Å². The van der Waals surface area contributed by atoms with Gasteiger partial charge in [-0.05, 0) is 29.3 Å². The average molecular weight is 405 g/mol. The topological polar surface area (TPSA) is 48.0 Å². The minimum atomic E-state index is -0.109. The molecule has 5 heteroatoms. The van der Waals surface area contributed by atoms with E-state index in [9.17, 15) is 4.79 Å². The van der Waals surface area contributed by atoms with Crippen LogP contribution >= 0.6 is 0 Å². The highest BCUT2D eigenvalue weighted by atomic mass is 16.5. The van der Waals surface area contributed by atoms with Crippen LogP contribution in [0.1, 0.15) is 16.7 Å². The smallest absolute Gasteiger partial charge is 0.260 e. The molecule has 0 aliphatic heterocycles. The number of likely N-dealkylation sites (N-methyl/N-ethyl adjacent to an activating group) is 1. The van der Waals surface area contributed by atoms with Crippen LogP contribution < -0.4 is 14.2 Å². The van der Waals surface area contributed by atoms with Crippen molar-refractivity contribution in [3.63, 3.8) is 0 Å². The van der Waals surface area contributed by atoms with Gasteiger partial charge in [0.05, 0.1) is 14.2 Å². The van der Waals surface area contributed by atoms with Gasteiger partial charge < -0.3 is 19.1 Å². The highest BCUT2D eigenvalue weighted by Crippen LogP contribution is 2.26. The summed E-state index contributed by atoms with van der Waals surface area (Å²) in [6, 6.07) is 23.6. The maximum atomic E-state index is 12.6. The third kappa shape index (κ3) is 5.54. The highest BCUT2D eigenvalue weighted by molar-refractivity contribution is 5.77. The van der Waals surface area contributed by atoms with E-state index >= 15 is 0 Å². The zero-order valence-corrected chi connectivity index (χ0v) is 17.6. The Hall–Kier alpha value is -3.47. The van der Waals surface area contributed by atoms with Gasteiger partial charge in [0.15, 0.2) is 6.61 Å². The van der Waals surface area contributed by atoms with E-state index in [0.29, 0.717) is 18.0 Å². The van der Waals surface area contributed by atoms with Gasteiger partial charge in [-0.3, -0.25) is 4.79 Å². The molecule has 3 aromatic rings. The van der Waals surface area contributed by atoms with Crippen molar-refractivity contribution in [2.75, 3.05) is 27.9 Å². The molecule has 0 spiro atoms. The number of carbonyl (C=O) groups is 1. The lowest BCUT2D eigenvalue weighted by atomic mass is 10.0. The predicted octanol–water partition coefficient (Wildman–Crippen LogP) is 4.33. The fourth-order valence-electron chi connectivity index (χ4n) is 3.18. The van der Waals surface area contributed by atoms with E-state index in [1.165, 1.54) is 5.56 Å². The molecule has 0 unspecified atom stereocenters. The Bertz CT molecular complexity index is 972. The van der Waals surface area contributed by atoms with Crippen LogP contribution in [0.15, 0.2) is 72.8 Å². The number of amides is 1. The van der Waals surface area contributed by atoms with Gasteiger partial charge >= 0.3 is 0 Å². The monoisotopic (exact) mass is 405 g/mol. The van der Waals surface area contributed by atoms with Crippen LogP contribution in [0.4, 0.5) is 0 Å². The molecule has 0 aromatic heterocycles. The molecule has 3 aromatic carbocycles. The summed E-state index contributed by atoms with van der Waals surface area (Å²) < 4.78 is 16.5. The van der Waals surface area contributed by atoms with Crippen molar-refractivity contribution in [1.29, 1.82) is 0 Å². The van der Waals surface area contributed by atoms with E-state index in [2.05, 4.69) is 12.1 Å².